The second kappa shape index (κ2) is 5.65. The summed E-state index contributed by atoms with van der Waals surface area (Å²) in [6, 6.07) is 5.63. The van der Waals surface area contributed by atoms with Crippen LogP contribution in [-0.2, 0) is 0 Å². The molecular formula is C16H21N3O. The minimum atomic E-state index is 0.0122. The number of aryl methyl sites for hydroxylation is 1. The molecule has 1 aliphatic carbocycles. The average Bonchev–Trinajstić information content (AvgIpc) is 2.85. The van der Waals surface area contributed by atoms with Crippen LogP contribution in [-0.4, -0.2) is 22.4 Å². The number of nitrogens with zero attached hydrogens (tertiary/aromatic N) is 1. The molecule has 2 aromatic rings. The summed E-state index contributed by atoms with van der Waals surface area (Å²) in [5.74, 6) is 1.54. The zero-order valence-electron chi connectivity index (χ0n) is 11.9. The number of fused-ring (bicyclic) bond motifs is 1. The number of aromatic nitrogens is 2. The molecule has 0 spiro atoms. The van der Waals surface area contributed by atoms with Crippen LogP contribution in [0.3, 0.4) is 0 Å². The smallest absolute Gasteiger partial charge is 0.251 e. The summed E-state index contributed by atoms with van der Waals surface area (Å²) < 4.78 is 0. The van der Waals surface area contributed by atoms with Crippen LogP contribution >= 0.6 is 0 Å². The standard InChI is InChI=1S/C16H21N3O/c1-11-18-14-8-7-13(9-15(14)19-11)16(20)17-10-12-5-3-2-4-6-12/h7-9,12H,2-6,10H2,1H3,(H,17,20)(H,18,19). The van der Waals surface area contributed by atoms with Crippen LogP contribution in [0, 0.1) is 12.8 Å². The second-order valence-corrected chi connectivity index (χ2v) is 5.77. The Morgan fingerprint density at radius 3 is 2.95 bits per heavy atom. The number of rotatable bonds is 3. The summed E-state index contributed by atoms with van der Waals surface area (Å²) in [5.41, 5.74) is 2.53. The van der Waals surface area contributed by atoms with E-state index >= 15 is 0 Å². The van der Waals surface area contributed by atoms with Crippen LogP contribution in [0.1, 0.15) is 48.3 Å². The molecule has 1 amide bonds. The van der Waals surface area contributed by atoms with Crippen molar-refractivity contribution in [1.82, 2.24) is 15.3 Å². The molecule has 1 aromatic heterocycles. The molecule has 0 unspecified atom stereocenters. The lowest BCUT2D eigenvalue weighted by Crippen LogP contribution is -2.30. The van der Waals surface area contributed by atoms with Crippen LogP contribution in [0.5, 0.6) is 0 Å². The molecular weight excluding hydrogens is 250 g/mol. The van der Waals surface area contributed by atoms with Gasteiger partial charge in [-0.3, -0.25) is 4.79 Å². The number of benzene rings is 1. The Labute approximate surface area is 119 Å². The highest BCUT2D eigenvalue weighted by atomic mass is 16.1. The molecule has 1 fully saturated rings. The number of amides is 1. The average molecular weight is 271 g/mol. The van der Waals surface area contributed by atoms with Crippen LogP contribution in [0.25, 0.3) is 11.0 Å². The Morgan fingerprint density at radius 1 is 1.35 bits per heavy atom. The minimum absolute atomic E-state index is 0.0122. The van der Waals surface area contributed by atoms with Crippen molar-refractivity contribution in [3.63, 3.8) is 0 Å². The highest BCUT2D eigenvalue weighted by molar-refractivity contribution is 5.97. The molecule has 0 bridgehead atoms. The third-order valence-electron chi connectivity index (χ3n) is 4.14. The summed E-state index contributed by atoms with van der Waals surface area (Å²) in [6.45, 7) is 2.72. The largest absolute Gasteiger partial charge is 0.352 e. The first kappa shape index (κ1) is 13.2. The first-order chi connectivity index (χ1) is 9.72. The van der Waals surface area contributed by atoms with Crippen LogP contribution in [0.2, 0.25) is 0 Å². The van der Waals surface area contributed by atoms with E-state index in [9.17, 15) is 4.79 Å². The molecule has 4 nitrogen and oxygen atoms in total. The van der Waals surface area contributed by atoms with Crippen molar-refractivity contribution < 1.29 is 4.79 Å². The van der Waals surface area contributed by atoms with Crippen LogP contribution < -0.4 is 5.32 Å². The minimum Gasteiger partial charge on any atom is -0.352 e. The van der Waals surface area contributed by atoms with Crippen LogP contribution in [0.15, 0.2) is 18.2 Å². The molecule has 2 N–H and O–H groups in total. The van der Waals surface area contributed by atoms with Gasteiger partial charge in [-0.15, -0.1) is 0 Å². The third-order valence-corrected chi connectivity index (χ3v) is 4.14. The van der Waals surface area contributed by atoms with Crippen molar-refractivity contribution in [2.24, 2.45) is 5.92 Å². The van der Waals surface area contributed by atoms with Gasteiger partial charge in [0, 0.05) is 12.1 Å². The quantitative estimate of drug-likeness (QED) is 0.900. The summed E-state index contributed by atoms with van der Waals surface area (Å²) in [4.78, 5) is 19.7. The van der Waals surface area contributed by atoms with Gasteiger partial charge >= 0.3 is 0 Å². The first-order valence-electron chi connectivity index (χ1n) is 7.47. The van der Waals surface area contributed by atoms with E-state index in [0.29, 0.717) is 11.5 Å². The summed E-state index contributed by atoms with van der Waals surface area (Å²) >= 11 is 0. The molecule has 0 radical (unpaired) electrons. The van der Waals surface area contributed by atoms with Gasteiger partial charge in [-0.25, -0.2) is 4.98 Å². The molecule has 0 aliphatic heterocycles. The number of imidazole rings is 1. The monoisotopic (exact) mass is 271 g/mol. The van der Waals surface area contributed by atoms with Crippen molar-refractivity contribution in [2.75, 3.05) is 6.54 Å². The van der Waals surface area contributed by atoms with Crippen molar-refractivity contribution >= 4 is 16.9 Å². The van der Waals surface area contributed by atoms with Gasteiger partial charge in [0.05, 0.1) is 11.0 Å². The second-order valence-electron chi connectivity index (χ2n) is 5.77. The number of H-pyrrole nitrogens is 1. The predicted molar refractivity (Wildman–Crippen MR) is 79.7 cm³/mol. The molecule has 1 heterocycles. The fourth-order valence-electron chi connectivity index (χ4n) is 3.00. The number of aromatic amines is 1. The lowest BCUT2D eigenvalue weighted by atomic mass is 9.89. The van der Waals surface area contributed by atoms with E-state index in [1.54, 1.807) is 0 Å². The Kier molecular flexibility index (Phi) is 3.72. The Balaban J connectivity index is 1.65. The lowest BCUT2D eigenvalue weighted by molar-refractivity contribution is 0.0943. The number of carbonyl (C=O) groups excluding carboxylic acids is 1. The van der Waals surface area contributed by atoms with Crippen molar-refractivity contribution in [1.29, 1.82) is 0 Å². The van der Waals surface area contributed by atoms with Crippen LogP contribution in [0.4, 0.5) is 0 Å². The van der Waals surface area contributed by atoms with E-state index in [2.05, 4.69) is 15.3 Å². The SMILES string of the molecule is Cc1nc2cc(C(=O)NCC3CCCCC3)ccc2[nH]1. The van der Waals surface area contributed by atoms with Crippen molar-refractivity contribution in [2.45, 2.75) is 39.0 Å². The maximum Gasteiger partial charge on any atom is 0.251 e. The lowest BCUT2D eigenvalue weighted by Gasteiger charge is -2.21. The number of nitrogens with one attached hydrogen (secondary N) is 2. The number of carbonyl (C=O) groups is 1. The van der Waals surface area contributed by atoms with E-state index in [-0.39, 0.29) is 5.91 Å². The molecule has 1 aromatic carbocycles. The van der Waals surface area contributed by atoms with Gasteiger partial charge in [0.2, 0.25) is 0 Å². The Morgan fingerprint density at radius 2 is 2.15 bits per heavy atom. The molecule has 106 valence electrons. The zero-order valence-corrected chi connectivity index (χ0v) is 11.9. The van der Waals surface area contributed by atoms with E-state index in [1.807, 2.05) is 25.1 Å². The third kappa shape index (κ3) is 2.84. The van der Waals surface area contributed by atoms with Crippen molar-refractivity contribution in [3.05, 3.63) is 29.6 Å². The van der Waals surface area contributed by atoms with E-state index in [4.69, 9.17) is 0 Å². The fourth-order valence-corrected chi connectivity index (χ4v) is 3.00. The van der Waals surface area contributed by atoms with Gasteiger partial charge in [0.15, 0.2) is 0 Å². The Bertz CT molecular complexity index is 611. The molecule has 1 saturated carbocycles. The normalized spacial score (nSPS) is 16.4. The van der Waals surface area contributed by atoms with Gasteiger partial charge in [0.25, 0.3) is 5.91 Å². The molecule has 3 rings (SSSR count). The van der Waals surface area contributed by atoms with Gasteiger partial charge in [0.1, 0.15) is 5.82 Å². The summed E-state index contributed by atoms with van der Waals surface area (Å²) in [5, 5.41) is 3.06. The fraction of sp³-hybridized carbons (Fsp3) is 0.500. The van der Waals surface area contributed by atoms with E-state index in [1.165, 1.54) is 32.1 Å². The van der Waals surface area contributed by atoms with Gasteiger partial charge < -0.3 is 10.3 Å². The summed E-state index contributed by atoms with van der Waals surface area (Å²) in [6.07, 6.45) is 6.45. The summed E-state index contributed by atoms with van der Waals surface area (Å²) in [7, 11) is 0. The van der Waals surface area contributed by atoms with Gasteiger partial charge in [-0.1, -0.05) is 19.3 Å². The molecule has 0 saturated heterocycles. The van der Waals surface area contributed by atoms with Crippen molar-refractivity contribution in [3.8, 4) is 0 Å². The van der Waals surface area contributed by atoms with E-state index < -0.39 is 0 Å². The molecule has 4 heteroatoms. The highest BCUT2D eigenvalue weighted by Crippen LogP contribution is 2.23. The topological polar surface area (TPSA) is 57.8 Å². The number of hydrogen-bond donors (Lipinski definition) is 2. The first-order valence-corrected chi connectivity index (χ1v) is 7.47. The van der Waals surface area contributed by atoms with Gasteiger partial charge in [-0.2, -0.15) is 0 Å². The predicted octanol–water partition coefficient (Wildman–Crippen LogP) is 3.18. The van der Waals surface area contributed by atoms with E-state index in [0.717, 1.165) is 23.4 Å². The Hall–Kier alpha value is -1.84. The molecule has 1 aliphatic rings. The molecule has 0 atom stereocenters. The maximum absolute atomic E-state index is 12.2. The maximum atomic E-state index is 12.2. The number of hydrogen-bond acceptors (Lipinski definition) is 2. The van der Waals surface area contributed by atoms with Gasteiger partial charge in [-0.05, 0) is 43.9 Å². The zero-order chi connectivity index (χ0) is 13.9. The molecule has 20 heavy (non-hydrogen) atoms. The highest BCUT2D eigenvalue weighted by Gasteiger charge is 2.15.